The van der Waals surface area contributed by atoms with Crippen molar-refractivity contribution in [3.05, 3.63) is 42.1 Å². The smallest absolute Gasteiger partial charge is 0.225 e. The number of amides is 1. The topological polar surface area (TPSA) is 45.2 Å². The molecule has 0 radical (unpaired) electrons. The lowest BCUT2D eigenvalue weighted by Crippen LogP contribution is -2.50. The number of hydrogen-bond donors (Lipinski definition) is 1. The third-order valence-corrected chi connectivity index (χ3v) is 5.38. The lowest BCUT2D eigenvalue weighted by Gasteiger charge is -2.37. The third kappa shape index (κ3) is 3.29. The Hall–Kier alpha value is -1.94. The van der Waals surface area contributed by atoms with Crippen molar-refractivity contribution in [3.63, 3.8) is 0 Å². The Morgan fingerprint density at radius 3 is 2.96 bits per heavy atom. The summed E-state index contributed by atoms with van der Waals surface area (Å²) in [5.74, 6) is 1.24. The fourth-order valence-electron chi connectivity index (χ4n) is 3.72. The minimum atomic E-state index is 0.341. The molecule has 0 unspecified atom stereocenters. The largest absolute Gasteiger partial charge is 0.342 e. The molecule has 2 aliphatic rings. The number of carbonyl (C=O) groups is 1. The zero-order valence-electron chi connectivity index (χ0n) is 14.2. The molecule has 0 spiro atoms. The molecule has 24 heavy (non-hydrogen) atoms. The van der Waals surface area contributed by atoms with Crippen LogP contribution in [0.2, 0.25) is 0 Å². The van der Waals surface area contributed by atoms with Crippen molar-refractivity contribution in [3.8, 4) is 0 Å². The van der Waals surface area contributed by atoms with Gasteiger partial charge in [-0.15, -0.1) is 0 Å². The van der Waals surface area contributed by atoms with Crippen LogP contribution in [0.3, 0.4) is 0 Å². The van der Waals surface area contributed by atoms with Crippen molar-refractivity contribution in [2.24, 2.45) is 11.8 Å². The van der Waals surface area contributed by atoms with Crippen LogP contribution in [0.15, 0.2) is 36.5 Å². The van der Waals surface area contributed by atoms with E-state index in [0.717, 1.165) is 44.4 Å². The number of piperidine rings is 1. The molecule has 2 atom stereocenters. The van der Waals surface area contributed by atoms with Crippen LogP contribution in [0.4, 0.5) is 0 Å². The Morgan fingerprint density at radius 2 is 2.17 bits per heavy atom. The van der Waals surface area contributed by atoms with Gasteiger partial charge in [0.1, 0.15) is 0 Å². The Morgan fingerprint density at radius 1 is 1.29 bits per heavy atom. The van der Waals surface area contributed by atoms with E-state index < -0.39 is 0 Å². The van der Waals surface area contributed by atoms with Gasteiger partial charge < -0.3 is 10.2 Å². The van der Waals surface area contributed by atoms with Gasteiger partial charge in [-0.3, -0.25) is 9.78 Å². The molecule has 4 heteroatoms. The van der Waals surface area contributed by atoms with Gasteiger partial charge in [0.25, 0.3) is 0 Å². The summed E-state index contributed by atoms with van der Waals surface area (Å²) in [4.78, 5) is 18.7. The van der Waals surface area contributed by atoms with Crippen LogP contribution in [-0.2, 0) is 11.3 Å². The van der Waals surface area contributed by atoms with Crippen LogP contribution in [0.25, 0.3) is 10.9 Å². The van der Waals surface area contributed by atoms with E-state index in [1.54, 1.807) is 0 Å². The predicted molar refractivity (Wildman–Crippen MR) is 95.5 cm³/mol. The second-order valence-electron chi connectivity index (χ2n) is 7.34. The van der Waals surface area contributed by atoms with Crippen LogP contribution in [-0.4, -0.2) is 34.9 Å². The maximum Gasteiger partial charge on any atom is 0.225 e. The van der Waals surface area contributed by atoms with Gasteiger partial charge in [-0.2, -0.15) is 0 Å². The minimum Gasteiger partial charge on any atom is -0.342 e. The van der Waals surface area contributed by atoms with E-state index in [1.165, 1.54) is 10.9 Å². The van der Waals surface area contributed by atoms with E-state index in [9.17, 15) is 4.79 Å². The number of benzene rings is 1. The molecule has 1 aromatic carbocycles. The fourth-order valence-corrected chi connectivity index (χ4v) is 3.72. The number of rotatable bonds is 4. The second-order valence-corrected chi connectivity index (χ2v) is 7.34. The average molecular weight is 323 g/mol. The number of fused-ring (bicyclic) bond motifs is 1. The molecule has 1 aliphatic carbocycles. The number of nitrogens with one attached hydrogen (secondary N) is 1. The summed E-state index contributed by atoms with van der Waals surface area (Å²) in [7, 11) is 0. The highest BCUT2D eigenvalue weighted by molar-refractivity contribution is 5.81. The standard InChI is InChI=1S/C20H25N3O/c1-14-13-23(20(24)16-5-6-16)10-8-18(14)22-12-15-4-7-19-17(11-15)3-2-9-21-19/h2-4,7,9,11,14,16,18,22H,5-6,8,10,12-13H2,1H3/t14-,18+/m1/s1. The molecule has 1 aliphatic heterocycles. The number of hydrogen-bond acceptors (Lipinski definition) is 3. The highest BCUT2D eigenvalue weighted by Crippen LogP contribution is 2.32. The average Bonchev–Trinajstić information content (AvgIpc) is 3.45. The van der Waals surface area contributed by atoms with Gasteiger partial charge in [0.15, 0.2) is 0 Å². The van der Waals surface area contributed by atoms with Gasteiger partial charge in [0, 0.05) is 43.2 Å². The summed E-state index contributed by atoms with van der Waals surface area (Å²) in [5, 5.41) is 4.89. The molecule has 0 bridgehead atoms. The molecule has 1 aromatic heterocycles. The summed E-state index contributed by atoms with van der Waals surface area (Å²) in [5.41, 5.74) is 2.33. The van der Waals surface area contributed by atoms with E-state index in [-0.39, 0.29) is 0 Å². The van der Waals surface area contributed by atoms with Crippen molar-refractivity contribution in [1.82, 2.24) is 15.2 Å². The van der Waals surface area contributed by atoms with Crippen molar-refractivity contribution >= 4 is 16.8 Å². The zero-order valence-corrected chi connectivity index (χ0v) is 14.2. The van der Waals surface area contributed by atoms with Gasteiger partial charge in [-0.05, 0) is 48.9 Å². The molecule has 1 amide bonds. The Kier molecular flexibility index (Phi) is 4.23. The molecule has 2 aromatic rings. The van der Waals surface area contributed by atoms with Gasteiger partial charge >= 0.3 is 0 Å². The molecule has 1 saturated heterocycles. The summed E-state index contributed by atoms with van der Waals surface area (Å²) in [6, 6.07) is 11.0. The van der Waals surface area contributed by atoms with E-state index in [0.29, 0.717) is 23.8 Å². The highest BCUT2D eigenvalue weighted by atomic mass is 16.2. The van der Waals surface area contributed by atoms with Crippen LogP contribution in [0.5, 0.6) is 0 Å². The van der Waals surface area contributed by atoms with E-state index >= 15 is 0 Å². The molecular weight excluding hydrogens is 298 g/mol. The van der Waals surface area contributed by atoms with Crippen LogP contribution in [0, 0.1) is 11.8 Å². The first-order valence-electron chi connectivity index (χ1n) is 9.06. The van der Waals surface area contributed by atoms with Crippen molar-refractivity contribution in [2.45, 2.75) is 38.8 Å². The van der Waals surface area contributed by atoms with E-state index in [2.05, 4.69) is 46.4 Å². The van der Waals surface area contributed by atoms with Gasteiger partial charge in [0.2, 0.25) is 5.91 Å². The van der Waals surface area contributed by atoms with Crippen LogP contribution in [0.1, 0.15) is 31.7 Å². The number of pyridine rings is 1. The lowest BCUT2D eigenvalue weighted by atomic mass is 9.93. The number of nitrogens with zero attached hydrogens (tertiary/aromatic N) is 2. The maximum absolute atomic E-state index is 12.2. The summed E-state index contributed by atoms with van der Waals surface area (Å²) >= 11 is 0. The minimum absolute atomic E-state index is 0.341. The Balaban J connectivity index is 1.34. The third-order valence-electron chi connectivity index (χ3n) is 5.38. The monoisotopic (exact) mass is 323 g/mol. The first kappa shape index (κ1) is 15.6. The number of carbonyl (C=O) groups excluding carboxylic acids is 1. The Bertz CT molecular complexity index is 740. The summed E-state index contributed by atoms with van der Waals surface area (Å²) < 4.78 is 0. The van der Waals surface area contributed by atoms with Crippen LogP contribution >= 0.6 is 0 Å². The van der Waals surface area contributed by atoms with Crippen molar-refractivity contribution < 1.29 is 4.79 Å². The van der Waals surface area contributed by atoms with Gasteiger partial charge in [-0.1, -0.05) is 19.1 Å². The second kappa shape index (κ2) is 6.52. The fraction of sp³-hybridized carbons (Fsp3) is 0.500. The van der Waals surface area contributed by atoms with Gasteiger partial charge in [-0.25, -0.2) is 0 Å². The molecule has 1 N–H and O–H groups in total. The summed E-state index contributed by atoms with van der Waals surface area (Å²) in [6.07, 6.45) is 5.08. The highest BCUT2D eigenvalue weighted by Gasteiger charge is 2.36. The molecular formula is C20H25N3O. The number of aromatic nitrogens is 1. The maximum atomic E-state index is 12.2. The SMILES string of the molecule is C[C@@H]1CN(C(=O)C2CC2)CC[C@@H]1NCc1ccc2ncccc2c1. The van der Waals surface area contributed by atoms with Gasteiger partial charge in [0.05, 0.1) is 5.52 Å². The van der Waals surface area contributed by atoms with Crippen LogP contribution < -0.4 is 5.32 Å². The molecule has 2 fully saturated rings. The molecule has 2 heterocycles. The molecule has 4 nitrogen and oxygen atoms in total. The van der Waals surface area contributed by atoms with E-state index in [1.807, 2.05) is 12.3 Å². The number of likely N-dealkylation sites (tertiary alicyclic amines) is 1. The zero-order chi connectivity index (χ0) is 16.5. The molecule has 1 saturated carbocycles. The predicted octanol–water partition coefficient (Wildman–Crippen LogP) is 2.97. The molecule has 126 valence electrons. The first-order valence-corrected chi connectivity index (χ1v) is 9.06. The summed E-state index contributed by atoms with van der Waals surface area (Å²) in [6.45, 7) is 4.93. The van der Waals surface area contributed by atoms with Crippen molar-refractivity contribution in [2.75, 3.05) is 13.1 Å². The first-order chi connectivity index (χ1) is 11.7. The molecule has 4 rings (SSSR count). The normalized spacial score (nSPS) is 24.3. The Labute approximate surface area is 143 Å². The quantitative estimate of drug-likeness (QED) is 0.941. The van der Waals surface area contributed by atoms with E-state index in [4.69, 9.17) is 0 Å². The van der Waals surface area contributed by atoms with Crippen molar-refractivity contribution in [1.29, 1.82) is 0 Å². The lowest BCUT2D eigenvalue weighted by molar-refractivity contribution is -0.134.